The average Bonchev–Trinajstić information content (AvgIpc) is 2.62. The first-order valence-corrected chi connectivity index (χ1v) is 7.45. The van der Waals surface area contributed by atoms with E-state index >= 15 is 0 Å². The summed E-state index contributed by atoms with van der Waals surface area (Å²) in [6.45, 7) is 1.50. The van der Waals surface area contributed by atoms with Gasteiger partial charge in [0.25, 0.3) is 0 Å². The molecule has 1 aromatic heterocycles. The van der Waals surface area contributed by atoms with Crippen LogP contribution < -0.4 is 4.90 Å². The smallest absolute Gasteiger partial charge is 0.419 e. The van der Waals surface area contributed by atoms with Gasteiger partial charge in [-0.2, -0.15) is 0 Å². The Labute approximate surface area is 139 Å². The fourth-order valence-electron chi connectivity index (χ4n) is 2.54. The minimum absolute atomic E-state index is 0.0745. The van der Waals surface area contributed by atoms with E-state index in [1.807, 2.05) is 36.4 Å². The van der Waals surface area contributed by atoms with Gasteiger partial charge in [0.1, 0.15) is 5.82 Å². The molecule has 0 aliphatic rings. The third-order valence-corrected chi connectivity index (χ3v) is 3.69. The number of amides is 1. The van der Waals surface area contributed by atoms with E-state index in [0.717, 1.165) is 5.39 Å². The Hall–Kier alpha value is -3.21. The zero-order chi connectivity index (χ0) is 17.1. The normalized spacial score (nSPS) is 10.4. The second-order valence-corrected chi connectivity index (χ2v) is 5.24. The quantitative estimate of drug-likeness (QED) is 0.673. The van der Waals surface area contributed by atoms with E-state index < -0.39 is 6.09 Å². The van der Waals surface area contributed by atoms with Gasteiger partial charge in [-0.1, -0.05) is 30.3 Å². The van der Waals surface area contributed by atoms with Gasteiger partial charge in [0, 0.05) is 10.9 Å². The van der Waals surface area contributed by atoms with E-state index in [0.29, 0.717) is 22.6 Å². The van der Waals surface area contributed by atoms with Gasteiger partial charge < -0.3 is 4.74 Å². The van der Waals surface area contributed by atoms with Crippen molar-refractivity contribution in [3.8, 4) is 0 Å². The third-order valence-electron chi connectivity index (χ3n) is 3.69. The van der Waals surface area contributed by atoms with Gasteiger partial charge in [0.2, 0.25) is 0 Å². The van der Waals surface area contributed by atoms with Gasteiger partial charge in [0.05, 0.1) is 18.3 Å². The number of rotatable bonds is 3. The predicted octanol–water partition coefficient (Wildman–Crippen LogP) is 4.34. The number of pyridine rings is 1. The zero-order valence-electron chi connectivity index (χ0n) is 13.4. The number of ketones is 1. The Morgan fingerprint density at radius 1 is 0.958 bits per heavy atom. The first kappa shape index (κ1) is 15.7. The number of hydrogen-bond acceptors (Lipinski definition) is 4. The molecule has 5 heteroatoms. The topological polar surface area (TPSA) is 59.5 Å². The number of benzene rings is 2. The van der Waals surface area contributed by atoms with Crippen LogP contribution in [-0.4, -0.2) is 24.0 Å². The minimum atomic E-state index is -0.548. The molecule has 0 aliphatic heterocycles. The summed E-state index contributed by atoms with van der Waals surface area (Å²) in [6.07, 6.45) is -0.548. The van der Waals surface area contributed by atoms with Crippen LogP contribution >= 0.6 is 0 Å². The Morgan fingerprint density at radius 2 is 1.71 bits per heavy atom. The van der Waals surface area contributed by atoms with Crippen molar-refractivity contribution in [2.45, 2.75) is 6.92 Å². The number of hydrogen-bond donors (Lipinski definition) is 0. The van der Waals surface area contributed by atoms with Crippen LogP contribution in [0.15, 0.2) is 60.7 Å². The molecule has 0 atom stereocenters. The van der Waals surface area contributed by atoms with Crippen LogP contribution in [0, 0.1) is 0 Å². The van der Waals surface area contributed by atoms with Gasteiger partial charge in [0.15, 0.2) is 5.78 Å². The van der Waals surface area contributed by atoms with Crippen molar-refractivity contribution in [1.82, 2.24) is 4.98 Å². The number of carbonyl (C=O) groups excluding carboxylic acids is 2. The van der Waals surface area contributed by atoms with Crippen LogP contribution in [-0.2, 0) is 4.74 Å². The highest BCUT2D eigenvalue weighted by molar-refractivity contribution is 6.06. The number of Topliss-reactive ketones (excluding diaryl/α,β-unsaturated/α-hetero) is 1. The number of anilines is 2. The highest BCUT2D eigenvalue weighted by atomic mass is 16.5. The van der Waals surface area contributed by atoms with Crippen LogP contribution in [0.2, 0.25) is 0 Å². The lowest BCUT2D eigenvalue weighted by Gasteiger charge is -2.20. The molecule has 0 bridgehead atoms. The third kappa shape index (κ3) is 2.84. The van der Waals surface area contributed by atoms with Gasteiger partial charge in [-0.05, 0) is 37.3 Å². The van der Waals surface area contributed by atoms with E-state index in [-0.39, 0.29) is 5.78 Å². The molecule has 1 amide bonds. The Bertz CT molecular complexity index is 907. The lowest BCUT2D eigenvalue weighted by atomic mass is 10.1. The monoisotopic (exact) mass is 320 g/mol. The standard InChI is InChI=1S/C19H16N2O3/c1-13(22)16-10-6-7-14-11-12-17(20-18(14)16)21(19(23)24-2)15-8-4-3-5-9-15/h3-12H,1-2H3. The van der Waals surface area contributed by atoms with Gasteiger partial charge in [-0.3, -0.25) is 4.79 Å². The van der Waals surface area contributed by atoms with E-state index in [9.17, 15) is 9.59 Å². The maximum Gasteiger partial charge on any atom is 0.419 e. The molecule has 1 heterocycles. The SMILES string of the molecule is COC(=O)N(c1ccccc1)c1ccc2cccc(C(C)=O)c2n1. The largest absolute Gasteiger partial charge is 0.452 e. The first-order valence-electron chi connectivity index (χ1n) is 7.45. The maximum atomic E-state index is 12.3. The molecule has 0 unspecified atom stereocenters. The van der Waals surface area contributed by atoms with E-state index in [2.05, 4.69) is 4.98 Å². The summed E-state index contributed by atoms with van der Waals surface area (Å²) < 4.78 is 4.89. The molecular weight excluding hydrogens is 304 g/mol. The second kappa shape index (κ2) is 6.50. The number of nitrogens with zero attached hydrogens (tertiary/aromatic N) is 2. The van der Waals surface area contributed by atoms with Crippen molar-refractivity contribution in [2.75, 3.05) is 12.0 Å². The summed E-state index contributed by atoms with van der Waals surface area (Å²) in [5, 5.41) is 0.837. The predicted molar refractivity (Wildman–Crippen MR) is 92.7 cm³/mol. The number of ether oxygens (including phenoxy) is 1. The lowest BCUT2D eigenvalue weighted by Crippen LogP contribution is -2.26. The van der Waals surface area contributed by atoms with E-state index in [4.69, 9.17) is 4.74 Å². The Balaban J connectivity index is 2.20. The summed E-state index contributed by atoms with van der Waals surface area (Å²) in [4.78, 5) is 30.0. The number of fused-ring (bicyclic) bond motifs is 1. The highest BCUT2D eigenvalue weighted by Crippen LogP contribution is 2.27. The average molecular weight is 320 g/mol. The molecule has 0 aliphatic carbocycles. The van der Waals surface area contributed by atoms with Crippen molar-refractivity contribution in [2.24, 2.45) is 0 Å². The van der Waals surface area contributed by atoms with Crippen LogP contribution in [0.1, 0.15) is 17.3 Å². The van der Waals surface area contributed by atoms with Gasteiger partial charge in [-0.25, -0.2) is 14.7 Å². The maximum absolute atomic E-state index is 12.3. The number of para-hydroxylation sites is 2. The molecule has 3 rings (SSSR count). The fourth-order valence-corrected chi connectivity index (χ4v) is 2.54. The number of methoxy groups -OCH3 is 1. The van der Waals surface area contributed by atoms with Crippen LogP contribution in [0.4, 0.5) is 16.3 Å². The number of carbonyl (C=O) groups is 2. The summed E-state index contributed by atoms with van der Waals surface area (Å²) in [7, 11) is 1.32. The molecule has 0 spiro atoms. The van der Waals surface area contributed by atoms with E-state index in [1.54, 1.807) is 24.3 Å². The Kier molecular flexibility index (Phi) is 4.24. The summed E-state index contributed by atoms with van der Waals surface area (Å²) in [5.41, 5.74) is 1.72. The molecule has 0 saturated heterocycles. The van der Waals surface area contributed by atoms with Crippen LogP contribution in [0.25, 0.3) is 10.9 Å². The minimum Gasteiger partial charge on any atom is -0.452 e. The molecule has 0 saturated carbocycles. The molecule has 120 valence electrons. The highest BCUT2D eigenvalue weighted by Gasteiger charge is 2.20. The van der Waals surface area contributed by atoms with Gasteiger partial charge >= 0.3 is 6.09 Å². The summed E-state index contributed by atoms with van der Waals surface area (Å²) >= 11 is 0. The molecule has 0 radical (unpaired) electrons. The van der Waals surface area contributed by atoms with Crippen molar-refractivity contribution >= 4 is 34.3 Å². The first-order chi connectivity index (χ1) is 11.6. The number of aromatic nitrogens is 1. The van der Waals surface area contributed by atoms with Crippen molar-refractivity contribution < 1.29 is 14.3 Å². The molecule has 5 nitrogen and oxygen atoms in total. The molecule has 0 N–H and O–H groups in total. The second-order valence-electron chi connectivity index (χ2n) is 5.24. The van der Waals surface area contributed by atoms with Crippen LogP contribution in [0.5, 0.6) is 0 Å². The summed E-state index contributed by atoms with van der Waals surface area (Å²) in [5.74, 6) is 0.323. The summed E-state index contributed by atoms with van der Waals surface area (Å²) in [6, 6.07) is 18.1. The molecule has 0 fully saturated rings. The lowest BCUT2D eigenvalue weighted by molar-refractivity contribution is 0.101. The fraction of sp³-hybridized carbons (Fsp3) is 0.105. The van der Waals surface area contributed by atoms with Crippen molar-refractivity contribution in [1.29, 1.82) is 0 Å². The molecule has 24 heavy (non-hydrogen) atoms. The van der Waals surface area contributed by atoms with E-state index in [1.165, 1.54) is 18.9 Å². The molecule has 3 aromatic rings. The van der Waals surface area contributed by atoms with Crippen molar-refractivity contribution in [3.05, 3.63) is 66.2 Å². The molecular formula is C19H16N2O3. The Morgan fingerprint density at radius 3 is 2.38 bits per heavy atom. The van der Waals surface area contributed by atoms with Crippen LogP contribution in [0.3, 0.4) is 0 Å². The van der Waals surface area contributed by atoms with Crippen molar-refractivity contribution in [3.63, 3.8) is 0 Å². The zero-order valence-corrected chi connectivity index (χ0v) is 13.4. The van der Waals surface area contributed by atoms with Gasteiger partial charge in [-0.15, -0.1) is 0 Å². The molecule has 2 aromatic carbocycles.